The van der Waals surface area contributed by atoms with Crippen LogP contribution in [-0.2, 0) is 17.7 Å². The quantitative estimate of drug-likeness (QED) is 0.634. The van der Waals surface area contributed by atoms with Gasteiger partial charge in [-0.15, -0.1) is 0 Å². The zero-order valence-electron chi connectivity index (χ0n) is 13.9. The molecular formula is C17H20FN3O2S. The number of nitrogens with zero attached hydrogens (tertiary/aromatic N) is 1. The summed E-state index contributed by atoms with van der Waals surface area (Å²) in [4.78, 5) is 18.7. The number of aromatic nitrogens is 1. The molecule has 1 aromatic carbocycles. The maximum atomic E-state index is 14.2. The monoisotopic (exact) mass is 349 g/mol. The van der Waals surface area contributed by atoms with Gasteiger partial charge in [0.25, 0.3) is 0 Å². The lowest BCUT2D eigenvalue weighted by atomic mass is 10.1. The number of thiocarbonyl (C=S) groups is 1. The molecule has 7 heteroatoms. The van der Waals surface area contributed by atoms with Crippen LogP contribution < -0.4 is 5.32 Å². The number of hydrogen-bond donors (Lipinski definition) is 2. The van der Waals surface area contributed by atoms with Crippen molar-refractivity contribution in [3.05, 3.63) is 35.3 Å². The minimum absolute atomic E-state index is 0.0619. The molecular weight excluding hydrogens is 329 g/mol. The Morgan fingerprint density at radius 1 is 1.42 bits per heavy atom. The first-order valence-corrected chi connectivity index (χ1v) is 8.00. The predicted octanol–water partition coefficient (Wildman–Crippen LogP) is 3.98. The predicted molar refractivity (Wildman–Crippen MR) is 94.9 cm³/mol. The van der Waals surface area contributed by atoms with Crippen molar-refractivity contribution in [1.82, 2.24) is 10.3 Å². The Bertz CT molecular complexity index is 789. The number of carbonyl (C=O) groups is 1. The Morgan fingerprint density at radius 2 is 2.17 bits per heavy atom. The number of amides is 1. The Balaban J connectivity index is 2.09. The van der Waals surface area contributed by atoms with Crippen molar-refractivity contribution in [2.24, 2.45) is 4.99 Å². The fourth-order valence-electron chi connectivity index (χ4n) is 2.24. The zero-order valence-corrected chi connectivity index (χ0v) is 14.7. The Morgan fingerprint density at radius 3 is 2.83 bits per heavy atom. The highest BCUT2D eigenvalue weighted by molar-refractivity contribution is 7.78. The third-order valence-corrected chi connectivity index (χ3v) is 3.35. The molecule has 2 aromatic rings. The van der Waals surface area contributed by atoms with Crippen LogP contribution in [0.5, 0.6) is 0 Å². The van der Waals surface area contributed by atoms with Crippen molar-refractivity contribution in [1.29, 1.82) is 0 Å². The number of rotatable bonds is 5. The fraction of sp³-hybridized carbons (Fsp3) is 0.412. The average Bonchev–Trinajstić information content (AvgIpc) is 2.84. The smallest absolute Gasteiger partial charge is 0.407 e. The van der Waals surface area contributed by atoms with E-state index in [2.05, 4.69) is 32.7 Å². The second-order valence-electron chi connectivity index (χ2n) is 6.40. The summed E-state index contributed by atoms with van der Waals surface area (Å²) in [6.07, 6.45) is 0.0978. The zero-order chi connectivity index (χ0) is 17.7. The number of halogens is 1. The minimum atomic E-state index is -0.590. The molecule has 0 saturated carbocycles. The lowest BCUT2D eigenvalue weighted by Gasteiger charge is -2.19. The van der Waals surface area contributed by atoms with E-state index in [0.29, 0.717) is 24.0 Å². The SMILES string of the molecule is CC(C)(C)OC(=O)NCc1cc2cc(CCN=C=S)[nH]c2cc1F. The number of ether oxygens (including phenoxy) is 1. The van der Waals surface area contributed by atoms with Crippen molar-refractivity contribution >= 4 is 34.4 Å². The number of aromatic amines is 1. The number of fused-ring (bicyclic) bond motifs is 1. The molecule has 0 fully saturated rings. The molecule has 0 aliphatic heterocycles. The van der Waals surface area contributed by atoms with Gasteiger partial charge in [-0.1, -0.05) is 0 Å². The summed E-state index contributed by atoms with van der Waals surface area (Å²) in [6.45, 7) is 5.91. The van der Waals surface area contributed by atoms with Crippen LogP contribution in [0, 0.1) is 5.82 Å². The summed E-state index contributed by atoms with van der Waals surface area (Å²) in [6, 6.07) is 5.07. The van der Waals surface area contributed by atoms with Crippen molar-refractivity contribution in [3.63, 3.8) is 0 Å². The number of alkyl carbamates (subject to hydrolysis) is 1. The van der Waals surface area contributed by atoms with Crippen LogP contribution in [0.4, 0.5) is 9.18 Å². The largest absolute Gasteiger partial charge is 0.444 e. The van der Waals surface area contributed by atoms with Gasteiger partial charge in [0.1, 0.15) is 11.4 Å². The second kappa shape index (κ2) is 7.55. The normalized spacial score (nSPS) is 11.2. The van der Waals surface area contributed by atoms with Crippen molar-refractivity contribution < 1.29 is 13.9 Å². The first-order chi connectivity index (χ1) is 11.3. The number of carbonyl (C=O) groups excluding carboxylic acids is 1. The lowest BCUT2D eigenvalue weighted by molar-refractivity contribution is 0.0523. The molecule has 1 amide bonds. The molecule has 1 heterocycles. The maximum Gasteiger partial charge on any atom is 0.407 e. The molecule has 2 rings (SSSR count). The molecule has 2 N–H and O–H groups in total. The molecule has 0 spiro atoms. The Kier molecular flexibility index (Phi) is 5.70. The van der Waals surface area contributed by atoms with Crippen LogP contribution >= 0.6 is 12.2 Å². The van der Waals surface area contributed by atoms with Crippen molar-refractivity contribution in [2.45, 2.75) is 39.3 Å². The number of nitrogens with one attached hydrogen (secondary N) is 2. The van der Waals surface area contributed by atoms with E-state index in [1.54, 1.807) is 26.8 Å². The molecule has 0 radical (unpaired) electrons. The van der Waals surface area contributed by atoms with Crippen molar-refractivity contribution in [3.8, 4) is 0 Å². The first-order valence-electron chi connectivity index (χ1n) is 7.59. The van der Waals surface area contributed by atoms with E-state index in [4.69, 9.17) is 4.74 Å². The van der Waals surface area contributed by atoms with E-state index >= 15 is 0 Å². The molecule has 128 valence electrons. The van der Waals surface area contributed by atoms with Crippen LogP contribution in [0.15, 0.2) is 23.2 Å². The number of aliphatic imine (C=N–C) groups is 1. The standard InChI is InChI=1S/C17H20FN3O2S/c1-17(2,3)23-16(22)20-9-12-6-11-7-13(4-5-19-10-24)21-15(11)8-14(12)18/h6-8,21H,4-5,9H2,1-3H3,(H,20,22). The summed E-state index contributed by atoms with van der Waals surface area (Å²) in [5.41, 5.74) is 1.45. The molecule has 0 aliphatic carbocycles. The summed E-state index contributed by atoms with van der Waals surface area (Å²) in [5.74, 6) is -0.385. The van der Waals surface area contributed by atoms with Gasteiger partial charge < -0.3 is 15.0 Å². The van der Waals surface area contributed by atoms with Gasteiger partial charge in [-0.3, -0.25) is 0 Å². The van der Waals surface area contributed by atoms with Gasteiger partial charge in [0.05, 0.1) is 11.7 Å². The van der Waals surface area contributed by atoms with Gasteiger partial charge in [-0.2, -0.15) is 0 Å². The minimum Gasteiger partial charge on any atom is -0.444 e. The van der Waals surface area contributed by atoms with Crippen LogP contribution in [-0.4, -0.2) is 28.4 Å². The molecule has 0 aliphatic rings. The highest BCUT2D eigenvalue weighted by atomic mass is 32.1. The molecule has 1 aromatic heterocycles. The molecule has 0 bridgehead atoms. The van der Waals surface area contributed by atoms with E-state index in [-0.39, 0.29) is 12.4 Å². The van der Waals surface area contributed by atoms with Crippen LogP contribution in [0.25, 0.3) is 10.9 Å². The molecule has 24 heavy (non-hydrogen) atoms. The van der Waals surface area contributed by atoms with Crippen molar-refractivity contribution in [2.75, 3.05) is 6.54 Å². The molecule has 0 saturated heterocycles. The summed E-state index contributed by atoms with van der Waals surface area (Å²) in [5, 5.41) is 5.75. The Hall–Kier alpha value is -2.24. The Labute approximate surface area is 145 Å². The fourth-order valence-corrected chi connectivity index (χ4v) is 2.33. The number of benzene rings is 1. The van der Waals surface area contributed by atoms with Crippen LogP contribution in [0.3, 0.4) is 0 Å². The van der Waals surface area contributed by atoms with E-state index in [0.717, 1.165) is 11.1 Å². The second-order valence-corrected chi connectivity index (χ2v) is 6.59. The van der Waals surface area contributed by atoms with Gasteiger partial charge in [0, 0.05) is 35.1 Å². The van der Waals surface area contributed by atoms with E-state index < -0.39 is 11.7 Å². The molecule has 0 unspecified atom stereocenters. The van der Waals surface area contributed by atoms with Gasteiger partial charge in [-0.25, -0.2) is 14.2 Å². The lowest BCUT2D eigenvalue weighted by Crippen LogP contribution is -2.32. The van der Waals surface area contributed by atoms with Crippen LogP contribution in [0.2, 0.25) is 0 Å². The number of isothiocyanates is 1. The third kappa shape index (κ3) is 5.15. The maximum absolute atomic E-state index is 14.2. The average molecular weight is 349 g/mol. The van der Waals surface area contributed by atoms with Gasteiger partial charge in [-0.05, 0) is 51.2 Å². The summed E-state index contributed by atoms with van der Waals surface area (Å²) in [7, 11) is 0. The van der Waals surface area contributed by atoms with Gasteiger partial charge in [0.15, 0.2) is 0 Å². The van der Waals surface area contributed by atoms with Gasteiger partial charge in [0.2, 0.25) is 0 Å². The topological polar surface area (TPSA) is 66.5 Å². The van der Waals surface area contributed by atoms with E-state index in [1.165, 1.54) is 6.07 Å². The third-order valence-electron chi connectivity index (χ3n) is 3.22. The first kappa shape index (κ1) is 18.1. The molecule has 0 atom stereocenters. The number of H-pyrrole nitrogens is 1. The molecule has 5 nitrogen and oxygen atoms in total. The van der Waals surface area contributed by atoms with E-state index in [9.17, 15) is 9.18 Å². The highest BCUT2D eigenvalue weighted by Gasteiger charge is 2.16. The summed E-state index contributed by atoms with van der Waals surface area (Å²) < 4.78 is 19.3. The summed E-state index contributed by atoms with van der Waals surface area (Å²) >= 11 is 4.53. The van der Waals surface area contributed by atoms with E-state index in [1.807, 2.05) is 6.07 Å². The van der Waals surface area contributed by atoms with Gasteiger partial charge >= 0.3 is 6.09 Å². The highest BCUT2D eigenvalue weighted by Crippen LogP contribution is 2.21. The van der Waals surface area contributed by atoms with Crippen LogP contribution in [0.1, 0.15) is 32.0 Å². The number of hydrogen-bond acceptors (Lipinski definition) is 4.